The maximum absolute atomic E-state index is 8.59. The quantitative estimate of drug-likeness (QED) is 0.318. The predicted molar refractivity (Wildman–Crippen MR) is 48.5 cm³/mol. The van der Waals surface area contributed by atoms with Crippen molar-refractivity contribution in [3.05, 3.63) is 29.8 Å². The van der Waals surface area contributed by atoms with Crippen LogP contribution >= 0.6 is 0 Å². The molecule has 0 unspecified atom stereocenters. The van der Waals surface area contributed by atoms with Gasteiger partial charge < -0.3 is 5.73 Å². The lowest BCUT2D eigenvalue weighted by Crippen LogP contribution is -1.85. The molecule has 1 rings (SSSR count). The van der Waals surface area contributed by atoms with E-state index in [1.165, 1.54) is 0 Å². The van der Waals surface area contributed by atoms with Crippen molar-refractivity contribution >= 4 is 16.7 Å². The van der Waals surface area contributed by atoms with Gasteiger partial charge in [-0.1, -0.05) is 18.2 Å². The summed E-state index contributed by atoms with van der Waals surface area (Å²) in [7, 11) is -3.12. The molecule has 0 saturated heterocycles. The lowest BCUT2D eigenvalue weighted by molar-refractivity contribution is 0.509. The summed E-state index contributed by atoms with van der Waals surface area (Å²) < 4.78 is 24.2. The van der Waals surface area contributed by atoms with Gasteiger partial charge in [0.25, 0.3) is 11.0 Å². The topological polar surface area (TPSA) is 80.4 Å². The number of nitrogen functional groups attached to an aromatic ring is 1. The van der Waals surface area contributed by atoms with Crippen LogP contribution in [0, 0.1) is 6.92 Å². The van der Waals surface area contributed by atoms with Crippen LogP contribution in [0.4, 0.5) is 5.69 Å². The van der Waals surface area contributed by atoms with E-state index in [1.54, 1.807) is 0 Å². The van der Waals surface area contributed by atoms with Crippen LogP contribution in [0.5, 0.6) is 0 Å². The summed E-state index contributed by atoms with van der Waals surface area (Å²) >= 11 is 0. The molecule has 1 aromatic carbocycles. The second-order valence-corrected chi connectivity index (χ2v) is 2.57. The molecule has 0 aliphatic heterocycles. The van der Waals surface area contributed by atoms with Crippen molar-refractivity contribution in [1.29, 1.82) is 0 Å². The molecule has 0 fully saturated rings. The number of nitrogens with two attached hydrogens (primary N) is 1. The van der Waals surface area contributed by atoms with Crippen molar-refractivity contribution in [2.45, 2.75) is 6.92 Å². The van der Waals surface area contributed by atoms with Crippen molar-refractivity contribution < 1.29 is 13.0 Å². The normalized spacial score (nSPS) is 8.92. The van der Waals surface area contributed by atoms with Crippen LogP contribution in [0.2, 0.25) is 0 Å². The van der Waals surface area contributed by atoms with E-state index in [4.69, 9.17) is 18.7 Å². The first-order valence-electron chi connectivity index (χ1n) is 3.18. The molecule has 0 atom stereocenters. The van der Waals surface area contributed by atoms with E-state index in [1.807, 2.05) is 31.2 Å². The minimum atomic E-state index is -3.12. The van der Waals surface area contributed by atoms with Gasteiger partial charge in [-0.15, -0.1) is 0 Å². The van der Waals surface area contributed by atoms with Crippen LogP contribution in [0.3, 0.4) is 0 Å². The largest absolute Gasteiger partial charge is 0.399 e. The van der Waals surface area contributed by atoms with Gasteiger partial charge in [0.15, 0.2) is 0 Å². The van der Waals surface area contributed by atoms with Crippen LogP contribution < -0.4 is 5.73 Å². The van der Waals surface area contributed by atoms with Crippen LogP contribution in [0.15, 0.2) is 24.3 Å². The van der Waals surface area contributed by atoms with Gasteiger partial charge >= 0.3 is 0 Å². The molecule has 5 heteroatoms. The summed E-state index contributed by atoms with van der Waals surface area (Å²) in [5.41, 5.74) is 7.53. The first-order chi connectivity index (χ1) is 5.54. The fourth-order valence-corrected chi connectivity index (χ4v) is 0.587. The maximum atomic E-state index is 8.59. The first-order valence-corrected chi connectivity index (χ1v) is 4.31. The molecule has 4 nitrogen and oxygen atoms in total. The van der Waals surface area contributed by atoms with Gasteiger partial charge in [-0.25, -0.2) is 8.42 Å². The Morgan fingerprint density at radius 1 is 1.33 bits per heavy atom. The smallest absolute Gasteiger partial charge is 0.254 e. The van der Waals surface area contributed by atoms with Crippen LogP contribution in [0.1, 0.15) is 5.56 Å². The summed E-state index contributed by atoms with van der Waals surface area (Å²) in [6, 6.07) is 7.80. The average Bonchev–Trinajstić information content (AvgIpc) is 1.94. The summed E-state index contributed by atoms with van der Waals surface area (Å²) in [6.07, 6.45) is 0. The third kappa shape index (κ3) is 5.70. The van der Waals surface area contributed by atoms with Crippen LogP contribution in [-0.2, 0) is 11.0 Å². The molecular formula is C7H11NO3S. The van der Waals surface area contributed by atoms with E-state index < -0.39 is 11.0 Å². The van der Waals surface area contributed by atoms with Gasteiger partial charge in [-0.05, 0) is 18.6 Å². The zero-order chi connectivity index (χ0) is 9.56. The van der Waals surface area contributed by atoms with Crippen molar-refractivity contribution in [2.24, 2.45) is 0 Å². The molecule has 0 aliphatic carbocycles. The summed E-state index contributed by atoms with van der Waals surface area (Å²) in [4.78, 5) is 0. The van der Waals surface area contributed by atoms with Crippen molar-refractivity contribution in [1.82, 2.24) is 0 Å². The van der Waals surface area contributed by atoms with E-state index in [2.05, 4.69) is 0 Å². The van der Waals surface area contributed by atoms with Gasteiger partial charge in [0, 0.05) is 5.69 Å². The van der Waals surface area contributed by atoms with Crippen molar-refractivity contribution in [2.75, 3.05) is 5.73 Å². The van der Waals surface area contributed by atoms with E-state index >= 15 is 0 Å². The highest BCUT2D eigenvalue weighted by Crippen LogP contribution is 2.06. The zero-order valence-electron chi connectivity index (χ0n) is 6.60. The molecule has 12 heavy (non-hydrogen) atoms. The van der Waals surface area contributed by atoms with Gasteiger partial charge in [-0.2, -0.15) is 0 Å². The Morgan fingerprint density at radius 2 is 1.75 bits per heavy atom. The van der Waals surface area contributed by atoms with Gasteiger partial charge in [0.05, 0.1) is 0 Å². The number of thiol groups is 1. The number of hydrogen-bond donors (Lipinski definition) is 3. The summed E-state index contributed by atoms with van der Waals surface area (Å²) in [5.74, 6) is 0. The lowest BCUT2D eigenvalue weighted by atomic mass is 10.2. The zero-order valence-corrected chi connectivity index (χ0v) is 7.49. The highest BCUT2D eigenvalue weighted by Gasteiger charge is 1.84. The van der Waals surface area contributed by atoms with Crippen molar-refractivity contribution in [3.8, 4) is 0 Å². The molecule has 0 heterocycles. The minimum absolute atomic E-state index is 0.868. The number of benzene rings is 1. The fourth-order valence-electron chi connectivity index (χ4n) is 0.587. The summed E-state index contributed by atoms with van der Waals surface area (Å²) in [6.45, 7) is 2.00. The monoisotopic (exact) mass is 189 g/mol. The van der Waals surface area contributed by atoms with E-state index in [0.717, 1.165) is 11.3 Å². The Kier molecular flexibility index (Phi) is 5.07. The Labute approximate surface area is 72.8 Å². The molecule has 0 bridgehead atoms. The maximum Gasteiger partial charge on any atom is 0.254 e. The Balaban J connectivity index is 0.000000261. The Morgan fingerprint density at radius 3 is 2.00 bits per heavy atom. The summed E-state index contributed by atoms with van der Waals surface area (Å²) in [5, 5.41) is 0. The third-order valence-electron chi connectivity index (χ3n) is 1.19. The lowest BCUT2D eigenvalue weighted by Gasteiger charge is -1.93. The Hall–Kier alpha value is -1.07. The highest BCUT2D eigenvalue weighted by atomic mass is 32.2. The average molecular weight is 189 g/mol. The molecular weight excluding hydrogens is 178 g/mol. The van der Waals surface area contributed by atoms with Gasteiger partial charge in [-0.3, -0.25) is 4.55 Å². The minimum Gasteiger partial charge on any atom is -0.399 e. The van der Waals surface area contributed by atoms with Crippen molar-refractivity contribution in [3.63, 3.8) is 0 Å². The van der Waals surface area contributed by atoms with Crippen LogP contribution in [-0.4, -0.2) is 13.0 Å². The number of aryl methyl sites for hydroxylation is 1. The van der Waals surface area contributed by atoms with Crippen LogP contribution in [0.25, 0.3) is 0 Å². The standard InChI is InChI=1S/C7H9N.H2O3S/c1-6-4-2-3-5-7(6)8;1-4(2)3/h2-5H,8H2,1H3;4H,(H,1,2,3). The fraction of sp³-hybridized carbons (Fsp3) is 0.143. The highest BCUT2D eigenvalue weighted by molar-refractivity contribution is 7.66. The number of anilines is 1. The number of rotatable bonds is 0. The molecule has 0 amide bonds. The van der Waals surface area contributed by atoms with Gasteiger partial charge in [0.2, 0.25) is 0 Å². The molecule has 0 spiro atoms. The first kappa shape index (κ1) is 10.9. The predicted octanol–water partition coefficient (Wildman–Crippen LogP) is 0.648. The number of para-hydroxylation sites is 1. The van der Waals surface area contributed by atoms with E-state index in [-0.39, 0.29) is 0 Å². The second-order valence-electron chi connectivity index (χ2n) is 2.09. The number of hydrogen-bond acceptors (Lipinski definition) is 3. The molecule has 3 N–H and O–H groups in total. The Bertz CT molecular complexity index is 280. The molecule has 0 aromatic heterocycles. The SMILES string of the molecule is Cc1ccccc1N.O=[SH](=O)O. The van der Waals surface area contributed by atoms with E-state index in [0.29, 0.717) is 0 Å². The molecule has 0 saturated carbocycles. The molecule has 1 aromatic rings. The van der Waals surface area contributed by atoms with E-state index in [9.17, 15) is 0 Å². The molecule has 68 valence electrons. The molecule has 0 radical (unpaired) electrons. The van der Waals surface area contributed by atoms with Gasteiger partial charge in [0.1, 0.15) is 0 Å². The molecule has 0 aliphatic rings. The third-order valence-corrected chi connectivity index (χ3v) is 1.19. The second kappa shape index (κ2) is 5.56.